The van der Waals surface area contributed by atoms with Crippen LogP contribution in [0.2, 0.25) is 17.3 Å². The predicted molar refractivity (Wildman–Crippen MR) is 178 cm³/mol. The van der Waals surface area contributed by atoms with Crippen molar-refractivity contribution in [3.8, 4) is 22.6 Å². The van der Waals surface area contributed by atoms with E-state index in [2.05, 4.69) is 71.5 Å². The molecule has 7 rings (SSSR count). The van der Waals surface area contributed by atoms with Crippen LogP contribution in [0.1, 0.15) is 19.4 Å². The maximum atomic E-state index is 5.98. The van der Waals surface area contributed by atoms with Crippen molar-refractivity contribution < 1.29 is 24.5 Å². The molecule has 0 bridgehead atoms. The molecule has 0 aliphatic heterocycles. The third kappa shape index (κ3) is 6.41. The van der Waals surface area contributed by atoms with Crippen LogP contribution in [0.25, 0.3) is 55.7 Å². The van der Waals surface area contributed by atoms with E-state index in [0.29, 0.717) is 11.6 Å². The minimum Gasteiger partial charge on any atom is -0.486 e. The van der Waals surface area contributed by atoms with E-state index in [1.807, 2.05) is 66.3 Å². The molecular weight excluding hydrogens is 783 g/mol. The average Bonchev–Trinajstić information content (AvgIpc) is 3.55. The van der Waals surface area contributed by atoms with Crippen LogP contribution in [0.5, 0.6) is 0 Å². The number of nitrogens with zero attached hydrogens (tertiary/aromatic N) is 5. The molecule has 0 fully saturated rings. The number of hydrogen-bond acceptors (Lipinski definition) is 5. The van der Waals surface area contributed by atoms with E-state index in [4.69, 9.17) is 14.4 Å². The van der Waals surface area contributed by atoms with Gasteiger partial charge in [0.15, 0.2) is 0 Å². The summed E-state index contributed by atoms with van der Waals surface area (Å²) in [4.78, 5) is 17.9. The van der Waals surface area contributed by atoms with Crippen LogP contribution in [-0.4, -0.2) is 37.8 Å². The van der Waals surface area contributed by atoms with Gasteiger partial charge in [-0.2, -0.15) is 0 Å². The number of furan rings is 1. The summed E-state index contributed by atoms with van der Waals surface area (Å²) >= 11 is -1.86. The van der Waals surface area contributed by atoms with Gasteiger partial charge in [-0.3, -0.25) is 9.97 Å². The molecule has 44 heavy (non-hydrogen) atoms. The number of pyridine rings is 3. The van der Waals surface area contributed by atoms with Crippen molar-refractivity contribution in [2.75, 3.05) is 0 Å². The fourth-order valence-electron chi connectivity index (χ4n) is 5.48. The molecule has 6 nitrogen and oxygen atoms in total. The first-order chi connectivity index (χ1) is 20.7. The molecule has 1 radical (unpaired) electrons. The first kappa shape index (κ1) is 31.8. The number of hydrogen-bond donors (Lipinski definition) is 0. The first-order valence-corrected chi connectivity index (χ1v) is 22.0. The van der Waals surface area contributed by atoms with Crippen molar-refractivity contribution in [1.29, 1.82) is 0 Å². The van der Waals surface area contributed by atoms with E-state index < -0.39 is 13.3 Å². The number of aromatic nitrogens is 5. The summed E-state index contributed by atoms with van der Waals surface area (Å²) in [7, 11) is 1.97. The fraction of sp³-hybridized carbons (Fsp3) is 0.222. The number of benzene rings is 2. The predicted octanol–water partition coefficient (Wildman–Crippen LogP) is 8.02. The molecule has 7 aromatic rings. The zero-order valence-corrected chi connectivity index (χ0v) is 30.3. The van der Waals surface area contributed by atoms with Crippen LogP contribution in [0.4, 0.5) is 0 Å². The quantitative estimate of drug-likeness (QED) is 0.130. The molecule has 0 aliphatic carbocycles. The van der Waals surface area contributed by atoms with Gasteiger partial charge in [0, 0.05) is 44.9 Å². The van der Waals surface area contributed by atoms with Crippen LogP contribution < -0.4 is 4.40 Å². The molecule has 5 aromatic heterocycles. The van der Waals surface area contributed by atoms with Crippen molar-refractivity contribution >= 4 is 50.8 Å². The van der Waals surface area contributed by atoms with Gasteiger partial charge >= 0.3 is 126 Å². The Morgan fingerprint density at radius 3 is 2.48 bits per heavy atom. The number of aryl methyl sites for hydroxylation is 1. The SMILES string of the molecule is CC(C)Cc1cc(-c2[c-]cccc2)nc[c]1[Ge]([CH3])([CH3])[CH3].Cn1c(-c2[c-]ccc3c2oc2ncccc23)nc2ccncc21.[Ir]. The molecule has 2 aromatic carbocycles. The second-order valence-electron chi connectivity index (χ2n) is 12.3. The van der Waals surface area contributed by atoms with Crippen molar-refractivity contribution in [2.45, 2.75) is 37.5 Å². The van der Waals surface area contributed by atoms with E-state index >= 15 is 0 Å². The Morgan fingerprint density at radius 1 is 0.909 bits per heavy atom. The Balaban J connectivity index is 0.000000173. The summed E-state index contributed by atoms with van der Waals surface area (Å²) in [5, 5.41) is 2.02. The standard InChI is InChI=1S/C18H24GeN.C18H11N4O.Ir/c1-14(2)11-16-12-18(15-9-7-6-8-10-15)20-13-17(16)19(3,4)5;1-22-15-10-19-9-7-14(15)21-17(22)13-5-2-4-11-12-6-3-8-20-18(12)23-16(11)13;/h6-9,12-14H,11H2,1-5H3;2-4,6-10H,1H3;/q2*-1;. The normalized spacial score (nSPS) is 11.5. The molecule has 0 atom stereocenters. The molecular formula is C36H35GeIrN5O-2. The summed E-state index contributed by atoms with van der Waals surface area (Å²) in [6.45, 7) is 4.57. The van der Waals surface area contributed by atoms with E-state index in [9.17, 15) is 0 Å². The van der Waals surface area contributed by atoms with Gasteiger partial charge in [0.2, 0.25) is 5.71 Å². The minimum absolute atomic E-state index is 0. The van der Waals surface area contributed by atoms with Gasteiger partial charge < -0.3 is 8.98 Å². The minimum atomic E-state index is -1.86. The molecule has 0 spiro atoms. The van der Waals surface area contributed by atoms with Crippen LogP contribution in [0.15, 0.2) is 89.9 Å². The molecule has 0 unspecified atom stereocenters. The molecule has 0 saturated heterocycles. The van der Waals surface area contributed by atoms with Crippen LogP contribution >= 0.6 is 0 Å². The van der Waals surface area contributed by atoms with Crippen molar-refractivity contribution in [3.63, 3.8) is 0 Å². The smallest absolute Gasteiger partial charge is 0.216 e. The van der Waals surface area contributed by atoms with Crippen LogP contribution in [0, 0.1) is 18.1 Å². The molecule has 0 N–H and O–H groups in total. The third-order valence-electron chi connectivity index (χ3n) is 7.53. The van der Waals surface area contributed by atoms with Crippen molar-refractivity contribution in [1.82, 2.24) is 24.5 Å². The van der Waals surface area contributed by atoms with Gasteiger partial charge in [0.1, 0.15) is 0 Å². The summed E-state index contributed by atoms with van der Waals surface area (Å²) < 4.78 is 9.53. The molecule has 0 saturated carbocycles. The van der Waals surface area contributed by atoms with Crippen LogP contribution in [0.3, 0.4) is 0 Å². The van der Waals surface area contributed by atoms with Gasteiger partial charge in [0.05, 0.1) is 28.6 Å². The maximum Gasteiger partial charge on any atom is 0.216 e. The third-order valence-corrected chi connectivity index (χ3v) is 11.9. The Kier molecular flexibility index (Phi) is 9.49. The van der Waals surface area contributed by atoms with Crippen LogP contribution in [-0.2, 0) is 33.6 Å². The Morgan fingerprint density at radius 2 is 1.75 bits per heavy atom. The number of imidazole rings is 1. The van der Waals surface area contributed by atoms with E-state index in [-0.39, 0.29) is 20.1 Å². The van der Waals surface area contributed by atoms with Gasteiger partial charge in [-0.1, -0.05) is 10.9 Å². The first-order valence-electron chi connectivity index (χ1n) is 14.6. The molecule has 0 amide bonds. The fourth-order valence-corrected chi connectivity index (χ4v) is 8.82. The Labute approximate surface area is 274 Å². The van der Waals surface area contributed by atoms with Gasteiger partial charge in [0.25, 0.3) is 0 Å². The second-order valence-corrected chi connectivity index (χ2v) is 22.8. The maximum absolute atomic E-state index is 5.98. The van der Waals surface area contributed by atoms with E-state index in [0.717, 1.165) is 56.5 Å². The summed E-state index contributed by atoms with van der Waals surface area (Å²) in [5.41, 5.74) is 7.73. The van der Waals surface area contributed by atoms with Gasteiger partial charge in [-0.05, 0) is 18.2 Å². The molecule has 5 heterocycles. The Bertz CT molecular complexity index is 2040. The Hall–Kier alpha value is -3.65. The van der Waals surface area contributed by atoms with E-state index in [1.165, 1.54) is 5.56 Å². The van der Waals surface area contributed by atoms with Gasteiger partial charge in [-0.25, -0.2) is 4.98 Å². The topological polar surface area (TPSA) is 69.6 Å². The summed E-state index contributed by atoms with van der Waals surface area (Å²) in [6, 6.07) is 26.6. The largest absolute Gasteiger partial charge is 0.486 e. The summed E-state index contributed by atoms with van der Waals surface area (Å²) in [5.74, 6) is 8.80. The monoisotopic (exact) mass is 820 g/mol. The molecule has 8 heteroatoms. The second kappa shape index (κ2) is 13.1. The molecule has 225 valence electrons. The number of fused-ring (bicyclic) bond motifs is 4. The number of rotatable bonds is 5. The molecule has 0 aliphatic rings. The zero-order chi connectivity index (χ0) is 30.1. The zero-order valence-electron chi connectivity index (χ0n) is 25.8. The average molecular weight is 819 g/mol. The van der Waals surface area contributed by atoms with E-state index in [1.54, 1.807) is 16.8 Å². The van der Waals surface area contributed by atoms with Gasteiger partial charge in [-0.15, -0.1) is 18.2 Å². The van der Waals surface area contributed by atoms with Crippen molar-refractivity contribution in [3.05, 3.63) is 103 Å². The summed E-state index contributed by atoms with van der Waals surface area (Å²) in [6.07, 6.45) is 8.56. The van der Waals surface area contributed by atoms with Crippen molar-refractivity contribution in [2.24, 2.45) is 13.0 Å².